The van der Waals surface area contributed by atoms with Crippen LogP contribution in [0.5, 0.6) is 5.75 Å². The minimum Gasteiger partial charge on any atom is -0.507 e. The van der Waals surface area contributed by atoms with Gasteiger partial charge in [-0.3, -0.25) is 19.3 Å². The summed E-state index contributed by atoms with van der Waals surface area (Å²) in [5, 5.41) is 11.1. The van der Waals surface area contributed by atoms with Crippen molar-refractivity contribution in [2.24, 2.45) is 0 Å². The highest BCUT2D eigenvalue weighted by Crippen LogP contribution is 2.43. The molecule has 1 atom stereocenters. The lowest BCUT2D eigenvalue weighted by Crippen LogP contribution is -2.29. The maximum atomic E-state index is 13.3. The highest BCUT2D eigenvalue weighted by molar-refractivity contribution is 6.51. The third-order valence-electron chi connectivity index (χ3n) is 5.41. The molecule has 4 rings (SSSR count). The van der Waals surface area contributed by atoms with Crippen molar-refractivity contribution in [3.63, 3.8) is 0 Å². The third kappa shape index (κ3) is 4.28. The minimum atomic E-state index is -0.901. The number of aliphatic hydroxyl groups is 1. The molecule has 1 saturated heterocycles. The van der Waals surface area contributed by atoms with E-state index < -0.39 is 23.7 Å². The summed E-state index contributed by atoms with van der Waals surface area (Å²) in [6.45, 7) is 5.12. The molecule has 1 aliphatic heterocycles. The van der Waals surface area contributed by atoms with Crippen LogP contribution >= 0.6 is 0 Å². The van der Waals surface area contributed by atoms with Crippen LogP contribution in [-0.4, -0.2) is 22.8 Å². The summed E-state index contributed by atoms with van der Waals surface area (Å²) in [5.41, 5.74) is 3.35. The predicted octanol–water partition coefficient (Wildman–Crippen LogP) is 4.86. The maximum absolute atomic E-state index is 13.3. The van der Waals surface area contributed by atoms with Crippen LogP contribution in [0, 0.1) is 13.8 Å². The van der Waals surface area contributed by atoms with Crippen molar-refractivity contribution in [2.45, 2.75) is 26.8 Å². The quantitative estimate of drug-likeness (QED) is 0.206. The van der Waals surface area contributed by atoms with Crippen molar-refractivity contribution in [3.05, 3.63) is 101 Å². The number of rotatable bonds is 4. The number of hydrogen-bond acceptors (Lipinski definition) is 5. The first-order chi connectivity index (χ1) is 15.8. The van der Waals surface area contributed by atoms with Gasteiger partial charge in [0, 0.05) is 18.2 Å². The molecule has 3 aromatic rings. The summed E-state index contributed by atoms with van der Waals surface area (Å²) < 4.78 is 5.22. The number of benzene rings is 3. The summed E-state index contributed by atoms with van der Waals surface area (Å²) in [7, 11) is 0. The normalized spacial score (nSPS) is 17.3. The number of Topliss-reactive ketones (excluding diaryl/α,β-unsaturated/α-hetero) is 1. The lowest BCUT2D eigenvalue weighted by atomic mass is 9.95. The number of hydrogen-bond donors (Lipinski definition) is 1. The predicted molar refractivity (Wildman–Crippen MR) is 125 cm³/mol. The first-order valence-corrected chi connectivity index (χ1v) is 10.5. The lowest BCUT2D eigenvalue weighted by Gasteiger charge is -2.26. The van der Waals surface area contributed by atoms with Crippen LogP contribution < -0.4 is 9.64 Å². The molecule has 1 amide bonds. The third-order valence-corrected chi connectivity index (χ3v) is 5.41. The second kappa shape index (κ2) is 8.74. The van der Waals surface area contributed by atoms with Gasteiger partial charge >= 0.3 is 5.97 Å². The van der Waals surface area contributed by atoms with E-state index in [0.717, 1.165) is 11.1 Å². The Labute approximate surface area is 191 Å². The van der Waals surface area contributed by atoms with Crippen molar-refractivity contribution in [1.82, 2.24) is 0 Å². The highest BCUT2D eigenvalue weighted by atomic mass is 16.5. The van der Waals surface area contributed by atoms with Gasteiger partial charge < -0.3 is 9.84 Å². The zero-order valence-electron chi connectivity index (χ0n) is 18.5. The van der Waals surface area contributed by atoms with Crippen LogP contribution in [0.4, 0.5) is 5.69 Å². The second-order valence-electron chi connectivity index (χ2n) is 8.05. The van der Waals surface area contributed by atoms with Crippen molar-refractivity contribution >= 4 is 29.1 Å². The Bertz CT molecular complexity index is 1270. The van der Waals surface area contributed by atoms with Crippen LogP contribution in [0.3, 0.4) is 0 Å². The molecule has 0 radical (unpaired) electrons. The molecule has 1 heterocycles. The molecule has 1 unspecified atom stereocenters. The van der Waals surface area contributed by atoms with Gasteiger partial charge in [0.1, 0.15) is 11.5 Å². The molecule has 0 spiro atoms. The lowest BCUT2D eigenvalue weighted by molar-refractivity contribution is -0.132. The summed E-state index contributed by atoms with van der Waals surface area (Å²) in [6, 6.07) is 20.0. The smallest absolute Gasteiger partial charge is 0.308 e. The average Bonchev–Trinajstić information content (AvgIpc) is 3.03. The maximum Gasteiger partial charge on any atom is 0.308 e. The Hall–Kier alpha value is -4.19. The minimum absolute atomic E-state index is 0.0228. The van der Waals surface area contributed by atoms with E-state index in [-0.39, 0.29) is 17.1 Å². The molecule has 33 heavy (non-hydrogen) atoms. The first kappa shape index (κ1) is 22.0. The number of esters is 1. The Balaban J connectivity index is 1.96. The van der Waals surface area contributed by atoms with Gasteiger partial charge in [-0.2, -0.15) is 0 Å². The number of nitrogens with zero attached hydrogens (tertiary/aromatic N) is 1. The van der Waals surface area contributed by atoms with E-state index in [1.165, 1.54) is 11.8 Å². The van der Waals surface area contributed by atoms with Gasteiger partial charge in [0.25, 0.3) is 11.7 Å². The van der Waals surface area contributed by atoms with Gasteiger partial charge in [0.15, 0.2) is 0 Å². The molecule has 0 saturated carbocycles. The molecule has 1 fully saturated rings. The highest BCUT2D eigenvalue weighted by Gasteiger charge is 2.47. The fourth-order valence-corrected chi connectivity index (χ4v) is 4.17. The standard InChI is InChI=1S/C27H23NO5/c1-16-12-17(2)14-21(13-16)28-24(20-10-7-11-22(15-20)33-18(3)29)23(26(31)27(28)32)25(30)19-8-5-4-6-9-19/h4-15,24,30H,1-3H3/b25-23+. The number of carbonyl (C=O) groups excluding carboxylic acids is 3. The molecule has 1 N–H and O–H groups in total. The monoisotopic (exact) mass is 441 g/mol. The topological polar surface area (TPSA) is 83.9 Å². The number of aliphatic hydroxyl groups excluding tert-OH is 1. The van der Waals surface area contributed by atoms with Gasteiger partial charge in [-0.1, -0.05) is 48.5 Å². The Morgan fingerprint density at radius 3 is 2.21 bits per heavy atom. The van der Waals surface area contributed by atoms with Crippen molar-refractivity contribution in [1.29, 1.82) is 0 Å². The molecule has 0 aromatic heterocycles. The molecule has 0 bridgehead atoms. The number of ether oxygens (including phenoxy) is 1. The van der Waals surface area contributed by atoms with E-state index in [9.17, 15) is 19.5 Å². The molecule has 6 heteroatoms. The summed E-state index contributed by atoms with van der Waals surface area (Å²) >= 11 is 0. The molecule has 3 aromatic carbocycles. The van der Waals surface area contributed by atoms with E-state index in [1.54, 1.807) is 54.6 Å². The summed E-state index contributed by atoms with van der Waals surface area (Å²) in [6.07, 6.45) is 0. The van der Waals surface area contributed by atoms with Gasteiger partial charge in [-0.05, 0) is 54.8 Å². The summed E-state index contributed by atoms with van der Waals surface area (Å²) in [5.74, 6) is -1.98. The molecule has 0 aliphatic carbocycles. The SMILES string of the molecule is CC(=O)Oc1cccc(C2/C(=C(\O)c3ccccc3)C(=O)C(=O)N2c2cc(C)cc(C)c2)c1. The largest absolute Gasteiger partial charge is 0.507 e. The number of ketones is 1. The van der Waals surface area contributed by atoms with Crippen molar-refractivity contribution in [2.75, 3.05) is 4.90 Å². The van der Waals surface area contributed by atoms with Gasteiger partial charge in [-0.15, -0.1) is 0 Å². The number of amides is 1. The van der Waals surface area contributed by atoms with Crippen LogP contribution in [0.15, 0.2) is 78.4 Å². The van der Waals surface area contributed by atoms with Crippen LogP contribution in [-0.2, 0) is 14.4 Å². The second-order valence-corrected chi connectivity index (χ2v) is 8.05. The molecule has 6 nitrogen and oxygen atoms in total. The Kier molecular flexibility index (Phi) is 5.84. The van der Waals surface area contributed by atoms with Crippen molar-refractivity contribution < 1.29 is 24.2 Å². The molecule has 166 valence electrons. The average molecular weight is 441 g/mol. The van der Waals surface area contributed by atoms with Crippen molar-refractivity contribution in [3.8, 4) is 5.75 Å². The van der Waals surface area contributed by atoms with E-state index >= 15 is 0 Å². The van der Waals surface area contributed by atoms with E-state index in [4.69, 9.17) is 4.74 Å². The fraction of sp³-hybridized carbons (Fsp3) is 0.148. The van der Waals surface area contributed by atoms with Gasteiger partial charge in [-0.25, -0.2) is 0 Å². The molecular weight excluding hydrogens is 418 g/mol. The molecular formula is C27H23NO5. The first-order valence-electron chi connectivity index (χ1n) is 10.5. The Morgan fingerprint density at radius 1 is 0.909 bits per heavy atom. The molecule has 1 aliphatic rings. The van der Waals surface area contributed by atoms with E-state index in [0.29, 0.717) is 16.8 Å². The van der Waals surface area contributed by atoms with Crippen LogP contribution in [0.25, 0.3) is 5.76 Å². The zero-order valence-corrected chi connectivity index (χ0v) is 18.5. The van der Waals surface area contributed by atoms with Crippen LogP contribution in [0.2, 0.25) is 0 Å². The van der Waals surface area contributed by atoms with Gasteiger partial charge in [0.05, 0.1) is 11.6 Å². The number of anilines is 1. The Morgan fingerprint density at radius 2 is 1.58 bits per heavy atom. The van der Waals surface area contributed by atoms with E-state index in [1.807, 2.05) is 32.0 Å². The fourth-order valence-electron chi connectivity index (χ4n) is 4.17. The zero-order chi connectivity index (χ0) is 23.7. The number of carbonyl (C=O) groups is 3. The van der Waals surface area contributed by atoms with E-state index in [2.05, 4.69) is 0 Å². The number of aryl methyl sites for hydroxylation is 2. The van der Waals surface area contributed by atoms with Gasteiger partial charge in [0.2, 0.25) is 0 Å². The summed E-state index contributed by atoms with van der Waals surface area (Å²) in [4.78, 5) is 39.4. The van der Waals surface area contributed by atoms with Crippen LogP contribution in [0.1, 0.15) is 35.2 Å².